The molecule has 100 valence electrons. The Morgan fingerprint density at radius 2 is 2.22 bits per heavy atom. The molecular weight excluding hydrogens is 222 g/mol. The zero-order chi connectivity index (χ0) is 12.8. The predicted molar refractivity (Wildman–Crippen MR) is 75.8 cm³/mol. The lowest BCUT2D eigenvalue weighted by Crippen LogP contribution is -2.25. The van der Waals surface area contributed by atoms with Gasteiger partial charge in [0.05, 0.1) is 6.61 Å². The van der Waals surface area contributed by atoms with Gasteiger partial charge in [-0.1, -0.05) is 29.8 Å². The number of benzene rings is 1. The minimum atomic E-state index is 0.579. The van der Waals surface area contributed by atoms with Crippen molar-refractivity contribution in [2.75, 3.05) is 26.8 Å². The Bertz CT molecular complexity index is 360. The molecule has 0 heterocycles. The Hall–Kier alpha value is -0.860. The van der Waals surface area contributed by atoms with Gasteiger partial charge in [-0.2, -0.15) is 0 Å². The van der Waals surface area contributed by atoms with E-state index in [0.29, 0.717) is 5.92 Å². The third-order valence-electron chi connectivity index (χ3n) is 3.50. The van der Waals surface area contributed by atoms with Crippen molar-refractivity contribution < 1.29 is 4.74 Å². The highest BCUT2D eigenvalue weighted by Crippen LogP contribution is 2.29. The van der Waals surface area contributed by atoms with Crippen LogP contribution in [-0.2, 0) is 11.2 Å². The van der Waals surface area contributed by atoms with Crippen LogP contribution >= 0.6 is 0 Å². The molecule has 1 saturated carbocycles. The second kappa shape index (κ2) is 6.91. The second-order valence-electron chi connectivity index (χ2n) is 5.60. The Morgan fingerprint density at radius 3 is 2.89 bits per heavy atom. The summed E-state index contributed by atoms with van der Waals surface area (Å²) in [4.78, 5) is 0. The summed E-state index contributed by atoms with van der Waals surface area (Å²) in [6.07, 6.45) is 3.84. The normalized spacial score (nSPS) is 16.8. The van der Waals surface area contributed by atoms with Crippen LogP contribution in [0.3, 0.4) is 0 Å². The third-order valence-corrected chi connectivity index (χ3v) is 3.50. The average molecular weight is 247 g/mol. The van der Waals surface area contributed by atoms with Crippen LogP contribution in [-0.4, -0.2) is 26.8 Å². The lowest BCUT2D eigenvalue weighted by Gasteiger charge is -2.17. The molecule has 1 fully saturated rings. The molecule has 0 aliphatic heterocycles. The van der Waals surface area contributed by atoms with E-state index < -0.39 is 0 Å². The summed E-state index contributed by atoms with van der Waals surface area (Å²) >= 11 is 0. The second-order valence-corrected chi connectivity index (χ2v) is 5.60. The fourth-order valence-electron chi connectivity index (χ4n) is 2.34. The van der Waals surface area contributed by atoms with Gasteiger partial charge in [0, 0.05) is 13.2 Å². The van der Waals surface area contributed by atoms with E-state index in [0.717, 1.165) is 32.1 Å². The van der Waals surface area contributed by atoms with Crippen molar-refractivity contribution in [1.29, 1.82) is 0 Å². The Morgan fingerprint density at radius 1 is 1.39 bits per heavy atom. The van der Waals surface area contributed by atoms with Crippen LogP contribution in [0.15, 0.2) is 24.3 Å². The van der Waals surface area contributed by atoms with E-state index >= 15 is 0 Å². The summed E-state index contributed by atoms with van der Waals surface area (Å²) in [6, 6.07) is 8.80. The topological polar surface area (TPSA) is 21.3 Å². The zero-order valence-electron chi connectivity index (χ0n) is 11.6. The summed E-state index contributed by atoms with van der Waals surface area (Å²) in [5.74, 6) is 1.44. The molecule has 1 aliphatic carbocycles. The molecule has 1 unspecified atom stereocenters. The summed E-state index contributed by atoms with van der Waals surface area (Å²) in [5, 5.41) is 3.28. The highest BCUT2D eigenvalue weighted by molar-refractivity contribution is 5.22. The van der Waals surface area contributed by atoms with Crippen LogP contribution in [0.5, 0.6) is 0 Å². The van der Waals surface area contributed by atoms with E-state index in [9.17, 15) is 0 Å². The van der Waals surface area contributed by atoms with Gasteiger partial charge in [-0.05, 0) is 50.6 Å². The first-order valence-electron chi connectivity index (χ1n) is 7.06. The number of hydrogen-bond acceptors (Lipinski definition) is 2. The molecule has 0 aromatic heterocycles. The van der Waals surface area contributed by atoms with Gasteiger partial charge in [0.2, 0.25) is 0 Å². The Labute approximate surface area is 111 Å². The Kier molecular flexibility index (Phi) is 5.21. The fourth-order valence-corrected chi connectivity index (χ4v) is 2.34. The molecule has 18 heavy (non-hydrogen) atoms. The van der Waals surface area contributed by atoms with E-state index in [1.54, 1.807) is 0 Å². The van der Waals surface area contributed by atoms with Gasteiger partial charge in [-0.25, -0.2) is 0 Å². The smallest absolute Gasteiger partial charge is 0.0509 e. The van der Waals surface area contributed by atoms with Gasteiger partial charge >= 0.3 is 0 Å². The molecule has 1 N–H and O–H groups in total. The summed E-state index contributed by atoms with van der Waals surface area (Å²) < 4.78 is 5.83. The van der Waals surface area contributed by atoms with Gasteiger partial charge in [0.1, 0.15) is 0 Å². The maximum atomic E-state index is 5.83. The molecule has 0 bridgehead atoms. The van der Waals surface area contributed by atoms with Crippen molar-refractivity contribution >= 4 is 0 Å². The largest absolute Gasteiger partial charge is 0.381 e. The van der Waals surface area contributed by atoms with E-state index in [-0.39, 0.29) is 0 Å². The van der Waals surface area contributed by atoms with Crippen LogP contribution in [0.1, 0.15) is 24.0 Å². The average Bonchev–Trinajstić information content (AvgIpc) is 3.13. The summed E-state index contributed by atoms with van der Waals surface area (Å²) in [5.41, 5.74) is 2.76. The van der Waals surface area contributed by atoms with Crippen LogP contribution in [0.25, 0.3) is 0 Å². The molecule has 2 nitrogen and oxygen atoms in total. The molecule has 2 rings (SSSR count). The molecule has 1 atom stereocenters. The Balaban J connectivity index is 1.79. The van der Waals surface area contributed by atoms with Gasteiger partial charge in [-0.3, -0.25) is 0 Å². The monoisotopic (exact) mass is 247 g/mol. The van der Waals surface area contributed by atoms with E-state index in [1.807, 2.05) is 7.05 Å². The van der Waals surface area contributed by atoms with Gasteiger partial charge in [0.25, 0.3) is 0 Å². The molecule has 1 aromatic carbocycles. The van der Waals surface area contributed by atoms with Crippen LogP contribution in [0.4, 0.5) is 0 Å². The van der Waals surface area contributed by atoms with Gasteiger partial charge < -0.3 is 10.1 Å². The summed E-state index contributed by atoms with van der Waals surface area (Å²) in [7, 11) is 2.02. The number of nitrogens with one attached hydrogen (secondary N) is 1. The lowest BCUT2D eigenvalue weighted by molar-refractivity contribution is 0.0913. The van der Waals surface area contributed by atoms with Crippen molar-refractivity contribution in [1.82, 2.24) is 5.32 Å². The highest BCUT2D eigenvalue weighted by atomic mass is 16.5. The minimum Gasteiger partial charge on any atom is -0.381 e. The SMILES string of the molecule is CNCC(COCC1CC1)Cc1cccc(C)c1. The van der Waals surface area contributed by atoms with Gasteiger partial charge in [-0.15, -0.1) is 0 Å². The molecule has 1 aromatic rings. The van der Waals surface area contributed by atoms with Crippen molar-refractivity contribution in [3.8, 4) is 0 Å². The zero-order valence-corrected chi connectivity index (χ0v) is 11.6. The highest BCUT2D eigenvalue weighted by Gasteiger charge is 2.21. The first kappa shape index (κ1) is 13.6. The van der Waals surface area contributed by atoms with Crippen molar-refractivity contribution in [3.63, 3.8) is 0 Å². The quantitative estimate of drug-likeness (QED) is 0.762. The third kappa shape index (κ3) is 4.79. The molecule has 1 aliphatic rings. The maximum absolute atomic E-state index is 5.83. The van der Waals surface area contributed by atoms with Gasteiger partial charge in [0.15, 0.2) is 0 Å². The number of rotatable bonds is 8. The van der Waals surface area contributed by atoms with Crippen molar-refractivity contribution in [3.05, 3.63) is 35.4 Å². The molecule has 0 amide bonds. The molecule has 0 spiro atoms. The van der Waals surface area contributed by atoms with Crippen LogP contribution in [0, 0.1) is 18.8 Å². The predicted octanol–water partition coefficient (Wildman–Crippen LogP) is 2.80. The van der Waals surface area contributed by atoms with E-state index in [1.165, 1.54) is 24.0 Å². The number of aryl methyl sites for hydroxylation is 1. The van der Waals surface area contributed by atoms with Crippen LogP contribution in [0.2, 0.25) is 0 Å². The molecule has 2 heteroatoms. The maximum Gasteiger partial charge on any atom is 0.0509 e. The van der Waals surface area contributed by atoms with E-state index in [2.05, 4.69) is 36.5 Å². The first-order chi connectivity index (χ1) is 8.78. The standard InChI is InChI=1S/C16H25NO/c1-13-4-3-5-15(8-13)9-16(10-17-2)12-18-11-14-6-7-14/h3-5,8,14,16-17H,6-7,9-12H2,1-2H3. The lowest BCUT2D eigenvalue weighted by atomic mass is 9.99. The van der Waals surface area contributed by atoms with E-state index in [4.69, 9.17) is 4.74 Å². The first-order valence-corrected chi connectivity index (χ1v) is 7.06. The molecule has 0 saturated heterocycles. The van der Waals surface area contributed by atoms with Crippen molar-refractivity contribution in [2.45, 2.75) is 26.2 Å². The molecular formula is C16H25NO. The van der Waals surface area contributed by atoms with Crippen LogP contribution < -0.4 is 5.32 Å². The minimum absolute atomic E-state index is 0.579. The summed E-state index contributed by atoms with van der Waals surface area (Å²) in [6.45, 7) is 5.03. The van der Waals surface area contributed by atoms with Crippen molar-refractivity contribution in [2.24, 2.45) is 11.8 Å². The number of ether oxygens (including phenoxy) is 1. The number of hydrogen-bond donors (Lipinski definition) is 1. The molecule has 0 radical (unpaired) electrons. The fraction of sp³-hybridized carbons (Fsp3) is 0.625.